The van der Waals surface area contributed by atoms with Crippen molar-refractivity contribution in [3.8, 4) is 0 Å². The van der Waals surface area contributed by atoms with Crippen LogP contribution in [0.5, 0.6) is 0 Å². The largest absolute Gasteiger partial charge is 0.373 e. The van der Waals surface area contributed by atoms with Crippen LogP contribution in [0.4, 0.5) is 5.69 Å². The summed E-state index contributed by atoms with van der Waals surface area (Å²) in [4.78, 5) is 12.9. The molecule has 2 nitrogen and oxygen atoms in total. The van der Waals surface area contributed by atoms with Gasteiger partial charge in [0.05, 0.1) is 6.04 Å². The Morgan fingerprint density at radius 2 is 1.73 bits per heavy atom. The lowest BCUT2D eigenvalue weighted by atomic mass is 9.77. The maximum Gasteiger partial charge on any atom is 0.161 e. The summed E-state index contributed by atoms with van der Waals surface area (Å²) in [5, 5.41) is 6.11. The zero-order valence-electron chi connectivity index (χ0n) is 14.3. The van der Waals surface area contributed by atoms with Crippen LogP contribution in [0.25, 0.3) is 16.3 Å². The van der Waals surface area contributed by atoms with Crippen LogP contribution in [0.3, 0.4) is 0 Å². The van der Waals surface area contributed by atoms with Crippen LogP contribution in [-0.2, 0) is 4.79 Å². The number of fused-ring (bicyclic) bond motifs is 4. The van der Waals surface area contributed by atoms with Gasteiger partial charge in [-0.1, -0.05) is 58.4 Å². The van der Waals surface area contributed by atoms with Gasteiger partial charge in [-0.3, -0.25) is 4.79 Å². The van der Waals surface area contributed by atoms with E-state index in [1.807, 2.05) is 12.1 Å². The van der Waals surface area contributed by atoms with Crippen molar-refractivity contribution in [3.63, 3.8) is 0 Å². The van der Waals surface area contributed by atoms with Crippen LogP contribution < -0.4 is 5.32 Å². The van der Waals surface area contributed by atoms with Crippen LogP contribution in [0.2, 0.25) is 0 Å². The van der Waals surface area contributed by atoms with E-state index in [1.165, 1.54) is 21.9 Å². The Kier molecular flexibility index (Phi) is 3.71. The number of halogens is 1. The highest BCUT2D eigenvalue weighted by molar-refractivity contribution is 9.10. The summed E-state index contributed by atoms with van der Waals surface area (Å²) in [7, 11) is 0. The lowest BCUT2D eigenvalue weighted by Crippen LogP contribution is -2.27. The van der Waals surface area contributed by atoms with E-state index < -0.39 is 0 Å². The first-order valence-electron chi connectivity index (χ1n) is 9.03. The molecule has 2 aliphatic rings. The van der Waals surface area contributed by atoms with Gasteiger partial charge in [-0.25, -0.2) is 0 Å². The minimum absolute atomic E-state index is 0.0698. The van der Waals surface area contributed by atoms with Gasteiger partial charge in [0.15, 0.2) is 5.78 Å². The topological polar surface area (TPSA) is 29.1 Å². The number of rotatable bonds is 1. The van der Waals surface area contributed by atoms with Gasteiger partial charge in [0.25, 0.3) is 0 Å². The number of benzene rings is 3. The molecule has 1 aliphatic heterocycles. The van der Waals surface area contributed by atoms with Gasteiger partial charge >= 0.3 is 0 Å². The summed E-state index contributed by atoms with van der Waals surface area (Å²) < 4.78 is 1.05. The number of carbonyl (C=O) groups excluding carboxylic acids is 1. The summed E-state index contributed by atoms with van der Waals surface area (Å²) in [6.07, 6.45) is 2.55. The molecule has 5 rings (SSSR count). The number of anilines is 1. The quantitative estimate of drug-likeness (QED) is 0.518. The molecule has 0 bridgehead atoms. The summed E-state index contributed by atoms with van der Waals surface area (Å²) in [5.74, 6) is 0.283. The van der Waals surface area contributed by atoms with E-state index in [2.05, 4.69) is 69.8 Å². The molecule has 1 atom stereocenters. The Bertz CT molecular complexity index is 1070. The van der Waals surface area contributed by atoms with Crippen LogP contribution in [0.15, 0.2) is 70.7 Å². The third-order valence-corrected chi connectivity index (χ3v) is 6.01. The molecule has 0 amide bonds. The van der Waals surface area contributed by atoms with Crippen molar-refractivity contribution >= 4 is 43.7 Å². The highest BCUT2D eigenvalue weighted by Crippen LogP contribution is 2.47. The van der Waals surface area contributed by atoms with E-state index in [1.54, 1.807) is 0 Å². The van der Waals surface area contributed by atoms with Crippen molar-refractivity contribution in [2.45, 2.75) is 25.3 Å². The van der Waals surface area contributed by atoms with Gasteiger partial charge in [-0.2, -0.15) is 0 Å². The van der Waals surface area contributed by atoms with E-state index in [-0.39, 0.29) is 11.8 Å². The number of ketones is 1. The summed E-state index contributed by atoms with van der Waals surface area (Å²) in [5.41, 5.74) is 5.68. The molecule has 1 aliphatic carbocycles. The van der Waals surface area contributed by atoms with Crippen LogP contribution in [0, 0.1) is 0 Å². The van der Waals surface area contributed by atoms with Gasteiger partial charge in [-0.15, -0.1) is 0 Å². The molecule has 128 valence electrons. The summed E-state index contributed by atoms with van der Waals surface area (Å²) in [6, 6.07) is 21.0. The molecule has 1 N–H and O–H groups in total. The van der Waals surface area contributed by atoms with Crippen LogP contribution >= 0.6 is 15.9 Å². The fourth-order valence-electron chi connectivity index (χ4n) is 4.31. The first-order valence-corrected chi connectivity index (χ1v) is 9.82. The number of allylic oxidation sites excluding steroid dienone is 1. The number of carbonyl (C=O) groups is 1. The third kappa shape index (κ3) is 2.42. The number of Topliss-reactive ketones (excluding diaryl/α,β-unsaturated/α-hetero) is 1. The van der Waals surface area contributed by atoms with Crippen molar-refractivity contribution in [3.05, 3.63) is 81.8 Å². The van der Waals surface area contributed by atoms with Crippen molar-refractivity contribution < 1.29 is 4.79 Å². The van der Waals surface area contributed by atoms with Crippen molar-refractivity contribution in [1.29, 1.82) is 0 Å². The molecule has 3 heteroatoms. The van der Waals surface area contributed by atoms with Gasteiger partial charge in [0.2, 0.25) is 0 Å². The second-order valence-corrected chi connectivity index (χ2v) is 7.92. The minimum Gasteiger partial charge on any atom is -0.373 e. The molecular weight excluding hydrogens is 386 g/mol. The first kappa shape index (κ1) is 15.8. The van der Waals surface area contributed by atoms with Crippen molar-refractivity contribution in [2.75, 3.05) is 5.32 Å². The summed E-state index contributed by atoms with van der Waals surface area (Å²) in [6.45, 7) is 0. The maximum absolute atomic E-state index is 12.9. The zero-order chi connectivity index (χ0) is 17.7. The molecule has 0 fully saturated rings. The van der Waals surface area contributed by atoms with Crippen LogP contribution in [0.1, 0.15) is 36.4 Å². The smallest absolute Gasteiger partial charge is 0.161 e. The highest BCUT2D eigenvalue weighted by Gasteiger charge is 2.34. The summed E-state index contributed by atoms with van der Waals surface area (Å²) >= 11 is 3.50. The Morgan fingerprint density at radius 1 is 0.923 bits per heavy atom. The minimum atomic E-state index is -0.0698. The Labute approximate surface area is 161 Å². The number of nitrogens with one attached hydrogen (secondary N) is 1. The highest BCUT2D eigenvalue weighted by atomic mass is 79.9. The predicted molar refractivity (Wildman–Crippen MR) is 110 cm³/mol. The first-order chi connectivity index (χ1) is 12.7. The van der Waals surface area contributed by atoms with Gasteiger partial charge < -0.3 is 5.32 Å². The van der Waals surface area contributed by atoms with Crippen molar-refractivity contribution in [2.24, 2.45) is 0 Å². The maximum atomic E-state index is 12.9. The number of hydrogen-bond acceptors (Lipinski definition) is 2. The van der Waals surface area contributed by atoms with E-state index in [0.29, 0.717) is 6.42 Å². The second-order valence-electron chi connectivity index (χ2n) is 7.01. The fraction of sp³-hybridized carbons (Fsp3) is 0.174. The third-order valence-electron chi connectivity index (χ3n) is 5.48. The van der Waals surface area contributed by atoms with Crippen molar-refractivity contribution in [1.82, 2.24) is 0 Å². The molecule has 3 aromatic rings. The normalized spacial score (nSPS) is 19.1. The Balaban J connectivity index is 1.78. The molecule has 26 heavy (non-hydrogen) atoms. The van der Waals surface area contributed by atoms with E-state index in [4.69, 9.17) is 0 Å². The van der Waals surface area contributed by atoms with Gasteiger partial charge in [-0.05, 0) is 52.9 Å². The standard InChI is InChI=1S/C23H18BrNO/c24-16-11-8-15(9-12-16)23-22-18(6-3-7-20(22)26)21-17-5-2-1-4-14(17)10-13-19(21)25-23/h1-2,4-5,8-13,23,25H,3,6-7H2/t23-/m1/s1. The molecule has 0 radical (unpaired) electrons. The molecule has 0 spiro atoms. The van der Waals surface area contributed by atoms with E-state index in [9.17, 15) is 4.79 Å². The molecule has 1 heterocycles. The average Bonchev–Trinajstić information content (AvgIpc) is 2.68. The Hall–Kier alpha value is -2.39. The molecule has 3 aromatic carbocycles. The van der Waals surface area contributed by atoms with Crippen LogP contribution in [-0.4, -0.2) is 5.78 Å². The average molecular weight is 404 g/mol. The SMILES string of the molecule is O=C1CCCC2=C1[C@@H](c1ccc(Br)cc1)Nc1ccc3ccccc3c12. The monoisotopic (exact) mass is 403 g/mol. The molecular formula is C23H18BrNO. The number of hydrogen-bond donors (Lipinski definition) is 1. The predicted octanol–water partition coefficient (Wildman–Crippen LogP) is 6.28. The Morgan fingerprint density at radius 3 is 2.58 bits per heavy atom. The second kappa shape index (κ2) is 6.10. The fourth-order valence-corrected chi connectivity index (χ4v) is 4.57. The van der Waals surface area contributed by atoms with Gasteiger partial charge in [0, 0.05) is 27.7 Å². The molecule has 0 unspecified atom stereocenters. The van der Waals surface area contributed by atoms with E-state index in [0.717, 1.165) is 34.1 Å². The lowest BCUT2D eigenvalue weighted by molar-refractivity contribution is -0.116. The molecule has 0 aromatic heterocycles. The molecule has 0 saturated carbocycles. The lowest BCUT2D eigenvalue weighted by Gasteiger charge is -2.35. The molecule has 0 saturated heterocycles. The van der Waals surface area contributed by atoms with Gasteiger partial charge in [0.1, 0.15) is 0 Å². The zero-order valence-corrected chi connectivity index (χ0v) is 15.8. The van der Waals surface area contributed by atoms with E-state index >= 15 is 0 Å².